The van der Waals surface area contributed by atoms with Crippen LogP contribution in [0.2, 0.25) is 0 Å². The van der Waals surface area contributed by atoms with Crippen molar-refractivity contribution < 1.29 is 9.84 Å². The van der Waals surface area contributed by atoms with Crippen molar-refractivity contribution in [1.82, 2.24) is 0 Å². The van der Waals surface area contributed by atoms with Gasteiger partial charge in [-0.25, -0.2) is 0 Å². The van der Waals surface area contributed by atoms with Crippen molar-refractivity contribution in [1.29, 1.82) is 0 Å². The van der Waals surface area contributed by atoms with E-state index in [-0.39, 0.29) is 0 Å². The lowest BCUT2D eigenvalue weighted by Crippen LogP contribution is -2.03. The topological polar surface area (TPSA) is 29.5 Å². The van der Waals surface area contributed by atoms with Gasteiger partial charge in [0.2, 0.25) is 0 Å². The number of hydrogen-bond acceptors (Lipinski definition) is 2. The van der Waals surface area contributed by atoms with E-state index in [1.807, 2.05) is 67.6 Å². The number of rotatable bonds is 3. The molecule has 3 aromatic carbocycles. The third-order valence-corrected chi connectivity index (χ3v) is 3.92. The van der Waals surface area contributed by atoms with Crippen LogP contribution < -0.4 is 4.74 Å². The number of hydrogen-bond donors (Lipinski definition) is 1. The maximum absolute atomic E-state index is 10.8. The van der Waals surface area contributed by atoms with E-state index < -0.39 is 6.10 Å². The van der Waals surface area contributed by atoms with Gasteiger partial charge in [-0.3, -0.25) is 0 Å². The number of aliphatic hydroxyl groups is 1. The lowest BCUT2D eigenvalue weighted by molar-refractivity contribution is 0.221. The van der Waals surface area contributed by atoms with Gasteiger partial charge in [0.25, 0.3) is 0 Å². The molecule has 0 aliphatic carbocycles. The van der Waals surface area contributed by atoms with Gasteiger partial charge in [-0.15, -0.1) is 0 Å². The molecule has 1 unspecified atom stereocenters. The summed E-state index contributed by atoms with van der Waals surface area (Å²) in [6.07, 6.45) is -0.637. The summed E-state index contributed by atoms with van der Waals surface area (Å²) in [5, 5.41) is 12.8. The third kappa shape index (κ3) is 2.39. The molecule has 0 aliphatic rings. The summed E-state index contributed by atoms with van der Waals surface area (Å²) in [4.78, 5) is 0. The Morgan fingerprint density at radius 3 is 2.19 bits per heavy atom. The molecule has 3 rings (SSSR count). The minimum absolute atomic E-state index is 0.637. The number of fused-ring (bicyclic) bond motifs is 1. The van der Waals surface area contributed by atoms with Crippen LogP contribution >= 0.6 is 0 Å². The van der Waals surface area contributed by atoms with Gasteiger partial charge in [0, 0.05) is 5.39 Å². The summed E-state index contributed by atoms with van der Waals surface area (Å²) in [5.41, 5.74) is 2.93. The Balaban J connectivity index is 2.19. The van der Waals surface area contributed by atoms with Crippen LogP contribution in [0.1, 0.15) is 22.8 Å². The third-order valence-electron chi connectivity index (χ3n) is 3.92. The fourth-order valence-corrected chi connectivity index (χ4v) is 2.77. The predicted octanol–water partition coefficient (Wildman–Crippen LogP) is 4.24. The van der Waals surface area contributed by atoms with E-state index in [2.05, 4.69) is 0 Å². The Labute approximate surface area is 124 Å². The largest absolute Gasteiger partial charge is 0.496 e. The first kappa shape index (κ1) is 13.7. The van der Waals surface area contributed by atoms with Crippen LogP contribution in [-0.2, 0) is 0 Å². The SMILES string of the molecule is COc1ccc(C(O)c2ccccc2C)c2ccccc12. The second-order valence-corrected chi connectivity index (χ2v) is 5.16. The summed E-state index contributed by atoms with van der Waals surface area (Å²) in [5.74, 6) is 0.825. The van der Waals surface area contributed by atoms with Gasteiger partial charge in [-0.1, -0.05) is 54.6 Å². The molecule has 0 fully saturated rings. The van der Waals surface area contributed by atoms with Crippen molar-refractivity contribution in [2.75, 3.05) is 7.11 Å². The van der Waals surface area contributed by atoms with E-state index in [4.69, 9.17) is 4.74 Å². The fraction of sp³-hybridized carbons (Fsp3) is 0.158. The molecule has 1 N–H and O–H groups in total. The highest BCUT2D eigenvalue weighted by Crippen LogP contribution is 2.34. The summed E-state index contributed by atoms with van der Waals surface area (Å²) in [7, 11) is 1.67. The molecule has 0 amide bonds. The Kier molecular flexibility index (Phi) is 3.63. The van der Waals surface area contributed by atoms with Crippen LogP contribution in [0.3, 0.4) is 0 Å². The smallest absolute Gasteiger partial charge is 0.126 e. The zero-order valence-corrected chi connectivity index (χ0v) is 12.2. The van der Waals surface area contributed by atoms with Crippen molar-refractivity contribution in [2.45, 2.75) is 13.0 Å². The Hall–Kier alpha value is -2.32. The van der Waals surface area contributed by atoms with Gasteiger partial charge in [-0.05, 0) is 35.1 Å². The number of aliphatic hydroxyl groups excluding tert-OH is 1. The second-order valence-electron chi connectivity index (χ2n) is 5.16. The maximum Gasteiger partial charge on any atom is 0.126 e. The van der Waals surface area contributed by atoms with Gasteiger partial charge in [-0.2, -0.15) is 0 Å². The predicted molar refractivity (Wildman–Crippen MR) is 85.7 cm³/mol. The van der Waals surface area contributed by atoms with Crippen molar-refractivity contribution in [3.05, 3.63) is 77.4 Å². The lowest BCUT2D eigenvalue weighted by Gasteiger charge is -2.17. The zero-order valence-electron chi connectivity index (χ0n) is 12.2. The summed E-state index contributed by atoms with van der Waals surface area (Å²) in [6.45, 7) is 2.02. The minimum Gasteiger partial charge on any atom is -0.496 e. The van der Waals surface area contributed by atoms with Gasteiger partial charge >= 0.3 is 0 Å². The Morgan fingerprint density at radius 2 is 1.48 bits per heavy atom. The van der Waals surface area contributed by atoms with Gasteiger partial charge in [0.15, 0.2) is 0 Å². The van der Waals surface area contributed by atoms with E-state index in [0.29, 0.717) is 0 Å². The van der Waals surface area contributed by atoms with Crippen molar-refractivity contribution in [2.24, 2.45) is 0 Å². The highest BCUT2D eigenvalue weighted by Gasteiger charge is 2.16. The van der Waals surface area contributed by atoms with Crippen molar-refractivity contribution in [3.8, 4) is 5.75 Å². The normalized spacial score (nSPS) is 12.3. The zero-order chi connectivity index (χ0) is 14.8. The first-order valence-corrected chi connectivity index (χ1v) is 7.01. The number of ether oxygens (including phenoxy) is 1. The van der Waals surface area contributed by atoms with Crippen LogP contribution in [-0.4, -0.2) is 12.2 Å². The number of benzene rings is 3. The van der Waals surface area contributed by atoms with E-state index in [1.165, 1.54) is 0 Å². The van der Waals surface area contributed by atoms with Crippen LogP contribution in [0.4, 0.5) is 0 Å². The van der Waals surface area contributed by atoms with E-state index in [0.717, 1.165) is 33.2 Å². The Bertz CT molecular complexity index is 777. The monoisotopic (exact) mass is 278 g/mol. The quantitative estimate of drug-likeness (QED) is 0.776. The molecular formula is C19H18O2. The molecule has 0 saturated carbocycles. The van der Waals surface area contributed by atoms with Gasteiger partial charge < -0.3 is 9.84 Å². The fourth-order valence-electron chi connectivity index (χ4n) is 2.77. The molecule has 21 heavy (non-hydrogen) atoms. The molecule has 0 aliphatic heterocycles. The number of aryl methyl sites for hydroxylation is 1. The second kappa shape index (κ2) is 5.58. The molecule has 0 saturated heterocycles. The summed E-state index contributed by atoms with van der Waals surface area (Å²) >= 11 is 0. The first-order valence-electron chi connectivity index (χ1n) is 7.01. The molecule has 2 nitrogen and oxygen atoms in total. The molecule has 106 valence electrons. The number of methoxy groups -OCH3 is 1. The van der Waals surface area contributed by atoms with Crippen molar-refractivity contribution in [3.63, 3.8) is 0 Å². The highest BCUT2D eigenvalue weighted by molar-refractivity contribution is 5.91. The molecule has 0 bridgehead atoms. The van der Waals surface area contributed by atoms with E-state index in [1.54, 1.807) is 7.11 Å². The highest BCUT2D eigenvalue weighted by atomic mass is 16.5. The molecule has 1 atom stereocenters. The molecule has 3 aromatic rings. The van der Waals surface area contributed by atoms with Gasteiger partial charge in [0.05, 0.1) is 7.11 Å². The summed E-state index contributed by atoms with van der Waals surface area (Å²) in [6, 6.07) is 19.8. The molecular weight excluding hydrogens is 260 g/mol. The molecule has 0 spiro atoms. The lowest BCUT2D eigenvalue weighted by atomic mass is 9.93. The molecule has 2 heteroatoms. The summed E-state index contributed by atoms with van der Waals surface area (Å²) < 4.78 is 5.41. The van der Waals surface area contributed by atoms with E-state index >= 15 is 0 Å². The first-order chi connectivity index (χ1) is 10.2. The van der Waals surface area contributed by atoms with Crippen LogP contribution in [0.5, 0.6) is 5.75 Å². The van der Waals surface area contributed by atoms with Crippen LogP contribution in [0, 0.1) is 6.92 Å². The van der Waals surface area contributed by atoms with Crippen LogP contribution in [0.15, 0.2) is 60.7 Å². The Morgan fingerprint density at radius 1 is 0.810 bits per heavy atom. The molecule has 0 aromatic heterocycles. The standard InChI is InChI=1S/C19H18O2/c1-13-7-3-4-8-14(13)19(20)17-11-12-18(21-2)16-10-6-5-9-15(16)17/h3-12,19-20H,1-2H3. The molecule has 0 radical (unpaired) electrons. The van der Waals surface area contributed by atoms with Crippen LogP contribution in [0.25, 0.3) is 10.8 Å². The molecule has 0 heterocycles. The maximum atomic E-state index is 10.8. The van der Waals surface area contributed by atoms with Gasteiger partial charge in [0.1, 0.15) is 11.9 Å². The minimum atomic E-state index is -0.637. The average Bonchev–Trinajstić information content (AvgIpc) is 2.53. The van der Waals surface area contributed by atoms with Crippen molar-refractivity contribution >= 4 is 10.8 Å². The van der Waals surface area contributed by atoms with E-state index in [9.17, 15) is 5.11 Å². The average molecular weight is 278 g/mol.